The smallest absolute Gasteiger partial charge is 0.0561 e. The second kappa shape index (κ2) is 9.70. The van der Waals surface area contributed by atoms with E-state index in [0.717, 1.165) is 22.7 Å². The van der Waals surface area contributed by atoms with Crippen LogP contribution in [0.2, 0.25) is 0 Å². The van der Waals surface area contributed by atoms with Gasteiger partial charge >= 0.3 is 0 Å². The van der Waals surface area contributed by atoms with Crippen molar-refractivity contribution in [2.75, 3.05) is 4.90 Å². The molecule has 45 heavy (non-hydrogen) atoms. The maximum absolute atomic E-state index is 2.42. The first kappa shape index (κ1) is 25.9. The number of anilines is 3. The van der Waals surface area contributed by atoms with Gasteiger partial charge in [0.25, 0.3) is 0 Å². The van der Waals surface area contributed by atoms with Crippen LogP contribution in [0.4, 0.5) is 17.1 Å². The summed E-state index contributed by atoms with van der Waals surface area (Å²) >= 11 is 0. The fraction of sp³-hybridized carbons (Fsp3) is 0.0698. The second-order valence-corrected chi connectivity index (χ2v) is 12.7. The van der Waals surface area contributed by atoms with Crippen molar-refractivity contribution >= 4 is 49.6 Å². The molecule has 0 saturated carbocycles. The maximum Gasteiger partial charge on any atom is 0.0561 e. The molecule has 2 heteroatoms. The van der Waals surface area contributed by atoms with E-state index in [1.165, 1.54) is 54.8 Å². The zero-order valence-corrected chi connectivity index (χ0v) is 25.4. The predicted octanol–water partition coefficient (Wildman–Crippen LogP) is 11.7. The van der Waals surface area contributed by atoms with E-state index in [1.807, 2.05) is 0 Å². The van der Waals surface area contributed by atoms with Crippen LogP contribution >= 0.6 is 0 Å². The molecule has 0 saturated heterocycles. The number of para-hydroxylation sites is 3. The van der Waals surface area contributed by atoms with E-state index in [4.69, 9.17) is 0 Å². The molecule has 0 unspecified atom stereocenters. The molecule has 1 heterocycles. The van der Waals surface area contributed by atoms with Crippen molar-refractivity contribution in [2.45, 2.75) is 19.3 Å². The van der Waals surface area contributed by atoms with Crippen LogP contribution in [0.1, 0.15) is 25.0 Å². The first-order valence-corrected chi connectivity index (χ1v) is 15.7. The number of fused-ring (bicyclic) bond motifs is 7. The van der Waals surface area contributed by atoms with Gasteiger partial charge in [-0.2, -0.15) is 0 Å². The monoisotopic (exact) mass is 576 g/mol. The van der Waals surface area contributed by atoms with Gasteiger partial charge in [0.2, 0.25) is 0 Å². The summed E-state index contributed by atoms with van der Waals surface area (Å²) in [5.41, 5.74) is 12.5. The van der Waals surface area contributed by atoms with Crippen molar-refractivity contribution in [3.8, 4) is 16.8 Å². The summed E-state index contributed by atoms with van der Waals surface area (Å²) in [6.45, 7) is 4.70. The third kappa shape index (κ3) is 3.89. The van der Waals surface area contributed by atoms with E-state index in [1.54, 1.807) is 0 Å². The summed E-state index contributed by atoms with van der Waals surface area (Å²) in [5.74, 6) is 0. The Labute approximate surface area is 263 Å². The molecule has 2 nitrogen and oxygen atoms in total. The minimum Gasteiger partial charge on any atom is -0.310 e. The highest BCUT2D eigenvalue weighted by molar-refractivity contribution is 6.10. The SMILES string of the molecule is CC1(C)c2ccccc2-c2cc3ccc(N(c4ccccc4)c4ccc5c6ccccc6n(-c6ccccc6)c5c4)cc3cc21. The van der Waals surface area contributed by atoms with E-state index in [9.17, 15) is 0 Å². The van der Waals surface area contributed by atoms with Gasteiger partial charge in [0.15, 0.2) is 0 Å². The average Bonchev–Trinajstić information content (AvgIpc) is 3.53. The third-order valence-corrected chi connectivity index (χ3v) is 9.73. The number of benzene rings is 7. The number of rotatable bonds is 4. The van der Waals surface area contributed by atoms with Gasteiger partial charge in [0.1, 0.15) is 0 Å². The quantitative estimate of drug-likeness (QED) is 0.202. The van der Waals surface area contributed by atoms with Crippen molar-refractivity contribution in [2.24, 2.45) is 0 Å². The molecule has 9 rings (SSSR count). The van der Waals surface area contributed by atoms with Gasteiger partial charge in [-0.1, -0.05) is 105 Å². The Bertz CT molecular complexity index is 2400. The lowest BCUT2D eigenvalue weighted by molar-refractivity contribution is 0.661. The van der Waals surface area contributed by atoms with Crippen LogP contribution in [0.3, 0.4) is 0 Å². The first-order chi connectivity index (χ1) is 22.1. The molecule has 214 valence electrons. The van der Waals surface area contributed by atoms with Crippen molar-refractivity contribution in [1.29, 1.82) is 0 Å². The van der Waals surface area contributed by atoms with Crippen LogP contribution < -0.4 is 4.90 Å². The summed E-state index contributed by atoms with van der Waals surface area (Å²) in [4.78, 5) is 2.39. The Morgan fingerprint density at radius 3 is 1.96 bits per heavy atom. The van der Waals surface area contributed by atoms with Gasteiger partial charge in [-0.05, 0) is 99.8 Å². The summed E-state index contributed by atoms with van der Waals surface area (Å²) in [6.07, 6.45) is 0. The minimum absolute atomic E-state index is 0.0366. The van der Waals surface area contributed by atoms with Crippen LogP contribution in [-0.2, 0) is 5.41 Å². The fourth-order valence-electron chi connectivity index (χ4n) is 7.55. The van der Waals surface area contributed by atoms with Crippen molar-refractivity contribution in [3.05, 3.63) is 169 Å². The van der Waals surface area contributed by atoms with Gasteiger partial charge in [-0.3, -0.25) is 0 Å². The highest BCUT2D eigenvalue weighted by Gasteiger charge is 2.35. The molecule has 0 bridgehead atoms. The fourth-order valence-corrected chi connectivity index (χ4v) is 7.55. The topological polar surface area (TPSA) is 8.17 Å². The normalized spacial score (nSPS) is 13.3. The van der Waals surface area contributed by atoms with Crippen molar-refractivity contribution in [1.82, 2.24) is 4.57 Å². The van der Waals surface area contributed by atoms with Crippen LogP contribution in [0.25, 0.3) is 49.4 Å². The van der Waals surface area contributed by atoms with E-state index in [2.05, 4.69) is 181 Å². The molecule has 0 atom stereocenters. The summed E-state index contributed by atoms with van der Waals surface area (Å²) in [7, 11) is 0. The zero-order chi connectivity index (χ0) is 30.1. The van der Waals surface area contributed by atoms with Crippen LogP contribution in [0.5, 0.6) is 0 Å². The molecule has 7 aromatic carbocycles. The molecule has 0 aliphatic heterocycles. The maximum atomic E-state index is 2.42. The summed E-state index contributed by atoms with van der Waals surface area (Å²) in [5, 5.41) is 5.03. The predicted molar refractivity (Wildman–Crippen MR) is 191 cm³/mol. The molecular formula is C43H32N2. The van der Waals surface area contributed by atoms with Gasteiger partial charge in [0.05, 0.1) is 11.0 Å². The van der Waals surface area contributed by atoms with Crippen LogP contribution in [0, 0.1) is 0 Å². The number of hydrogen-bond acceptors (Lipinski definition) is 1. The highest BCUT2D eigenvalue weighted by Crippen LogP contribution is 2.50. The van der Waals surface area contributed by atoms with Gasteiger partial charge in [-0.25, -0.2) is 0 Å². The van der Waals surface area contributed by atoms with Crippen LogP contribution in [-0.4, -0.2) is 4.57 Å². The lowest BCUT2D eigenvalue weighted by Gasteiger charge is -2.26. The first-order valence-electron chi connectivity index (χ1n) is 15.7. The van der Waals surface area contributed by atoms with Gasteiger partial charge < -0.3 is 9.47 Å². The van der Waals surface area contributed by atoms with Crippen molar-refractivity contribution < 1.29 is 0 Å². The molecule has 8 aromatic rings. The van der Waals surface area contributed by atoms with Crippen molar-refractivity contribution in [3.63, 3.8) is 0 Å². The number of hydrogen-bond donors (Lipinski definition) is 0. The Morgan fingerprint density at radius 1 is 0.444 bits per heavy atom. The largest absolute Gasteiger partial charge is 0.310 e. The highest BCUT2D eigenvalue weighted by atomic mass is 15.1. The summed E-state index contributed by atoms with van der Waals surface area (Å²) < 4.78 is 2.39. The molecule has 0 spiro atoms. The number of nitrogens with zero attached hydrogens (tertiary/aromatic N) is 2. The molecule has 1 aromatic heterocycles. The Kier molecular flexibility index (Phi) is 5.58. The summed E-state index contributed by atoms with van der Waals surface area (Å²) in [6, 6.07) is 57.6. The molecular weight excluding hydrogens is 544 g/mol. The molecule has 0 amide bonds. The van der Waals surface area contributed by atoms with Crippen LogP contribution in [0.15, 0.2) is 158 Å². The Morgan fingerprint density at radius 2 is 1.11 bits per heavy atom. The van der Waals surface area contributed by atoms with Gasteiger partial charge in [0, 0.05) is 38.9 Å². The molecule has 1 aliphatic rings. The standard InChI is InChI=1S/C43H32N2/c1-43(2)39-19-11-9-17-35(39)38-26-29-21-22-33(25-30(29)27-40(38)43)44(31-13-5-3-6-14-31)34-23-24-37-36-18-10-12-20-41(36)45(42(37)28-34)32-15-7-4-8-16-32/h3-28H,1-2H3. The van der Waals surface area contributed by atoms with E-state index in [-0.39, 0.29) is 5.41 Å². The lowest BCUT2D eigenvalue weighted by Crippen LogP contribution is -2.14. The lowest BCUT2D eigenvalue weighted by atomic mass is 9.82. The third-order valence-electron chi connectivity index (χ3n) is 9.73. The molecule has 0 fully saturated rings. The molecule has 0 N–H and O–H groups in total. The Hall–Kier alpha value is -5.60. The molecule has 0 radical (unpaired) electrons. The van der Waals surface area contributed by atoms with E-state index < -0.39 is 0 Å². The van der Waals surface area contributed by atoms with E-state index in [0.29, 0.717) is 0 Å². The second-order valence-electron chi connectivity index (χ2n) is 12.7. The average molecular weight is 577 g/mol. The van der Waals surface area contributed by atoms with Gasteiger partial charge in [-0.15, -0.1) is 0 Å². The number of aromatic nitrogens is 1. The zero-order valence-electron chi connectivity index (χ0n) is 25.4. The Balaban J connectivity index is 1.26. The molecule has 1 aliphatic carbocycles. The minimum atomic E-state index is -0.0366. The van der Waals surface area contributed by atoms with E-state index >= 15 is 0 Å².